The first-order valence-corrected chi connectivity index (χ1v) is 6.97. The van der Waals surface area contributed by atoms with Crippen molar-refractivity contribution in [2.24, 2.45) is 0 Å². The Labute approximate surface area is 118 Å². The summed E-state index contributed by atoms with van der Waals surface area (Å²) < 4.78 is 6.88. The van der Waals surface area contributed by atoms with Gasteiger partial charge < -0.3 is 10.1 Å². The van der Waals surface area contributed by atoms with Crippen molar-refractivity contribution in [1.82, 2.24) is 15.1 Å². The van der Waals surface area contributed by atoms with Crippen LogP contribution in [0.5, 0.6) is 0 Å². The molecule has 2 rings (SSSR count). The van der Waals surface area contributed by atoms with Gasteiger partial charge in [-0.15, -0.1) is 0 Å². The SMILES string of the molecule is COCCNCCCCn1ncc(=O)c2ccccc21. The van der Waals surface area contributed by atoms with Crippen molar-refractivity contribution in [2.45, 2.75) is 19.4 Å². The highest BCUT2D eigenvalue weighted by Crippen LogP contribution is 2.08. The predicted octanol–water partition coefficient (Wildman–Crippen LogP) is 1.41. The lowest BCUT2D eigenvalue weighted by Crippen LogP contribution is -2.20. The van der Waals surface area contributed by atoms with Crippen LogP contribution in [0.15, 0.2) is 35.3 Å². The van der Waals surface area contributed by atoms with E-state index < -0.39 is 0 Å². The Morgan fingerprint density at radius 1 is 1.25 bits per heavy atom. The third-order valence-electron chi connectivity index (χ3n) is 3.22. The number of hydrogen-bond acceptors (Lipinski definition) is 4. The number of aromatic nitrogens is 2. The maximum absolute atomic E-state index is 11.7. The molecule has 0 aliphatic rings. The zero-order chi connectivity index (χ0) is 14.2. The van der Waals surface area contributed by atoms with Gasteiger partial charge in [-0.25, -0.2) is 0 Å². The first-order valence-electron chi connectivity index (χ1n) is 6.97. The molecule has 0 spiro atoms. The molecule has 0 saturated heterocycles. The highest BCUT2D eigenvalue weighted by Gasteiger charge is 2.02. The van der Waals surface area contributed by atoms with Crippen LogP contribution in [0, 0.1) is 0 Å². The molecule has 0 aliphatic carbocycles. The minimum Gasteiger partial charge on any atom is -0.383 e. The summed E-state index contributed by atoms with van der Waals surface area (Å²) in [5.74, 6) is 0. The number of nitrogens with one attached hydrogen (secondary N) is 1. The van der Waals surface area contributed by atoms with Gasteiger partial charge in [0.25, 0.3) is 0 Å². The molecule has 1 heterocycles. The maximum atomic E-state index is 11.7. The van der Waals surface area contributed by atoms with E-state index in [4.69, 9.17) is 4.74 Å². The van der Waals surface area contributed by atoms with Crippen LogP contribution in [0.3, 0.4) is 0 Å². The summed E-state index contributed by atoms with van der Waals surface area (Å²) in [6.45, 7) is 3.43. The standard InChI is InChI=1S/C15H21N3O2/c1-20-11-9-16-8-4-5-10-18-14-7-3-2-6-13(14)15(19)12-17-18/h2-3,6-7,12,16H,4-5,8-11H2,1H3. The fourth-order valence-electron chi connectivity index (χ4n) is 2.15. The minimum atomic E-state index is -0.0157. The van der Waals surface area contributed by atoms with Gasteiger partial charge in [-0.05, 0) is 31.5 Å². The molecule has 1 aromatic heterocycles. The maximum Gasteiger partial charge on any atom is 0.207 e. The minimum absolute atomic E-state index is 0.0157. The summed E-state index contributed by atoms with van der Waals surface area (Å²) >= 11 is 0. The normalized spacial score (nSPS) is 11.1. The van der Waals surface area contributed by atoms with Gasteiger partial charge in [0.1, 0.15) is 0 Å². The number of fused-ring (bicyclic) bond motifs is 1. The van der Waals surface area contributed by atoms with Crippen LogP contribution in [-0.4, -0.2) is 36.6 Å². The molecule has 0 bridgehead atoms. The first kappa shape index (κ1) is 14.7. The van der Waals surface area contributed by atoms with Crippen molar-refractivity contribution in [3.05, 3.63) is 40.7 Å². The molecule has 5 nitrogen and oxygen atoms in total. The van der Waals surface area contributed by atoms with Gasteiger partial charge in [0, 0.05) is 25.6 Å². The second-order valence-electron chi connectivity index (χ2n) is 4.70. The van der Waals surface area contributed by atoms with Gasteiger partial charge in [0.2, 0.25) is 5.43 Å². The average molecular weight is 275 g/mol. The summed E-state index contributed by atoms with van der Waals surface area (Å²) in [5.41, 5.74) is 0.894. The van der Waals surface area contributed by atoms with Crippen LogP contribution >= 0.6 is 0 Å². The Bertz CT molecular complexity index is 595. The lowest BCUT2D eigenvalue weighted by Gasteiger charge is -2.09. The van der Waals surface area contributed by atoms with E-state index >= 15 is 0 Å². The van der Waals surface area contributed by atoms with E-state index in [1.807, 2.05) is 28.9 Å². The summed E-state index contributed by atoms with van der Waals surface area (Å²) in [5, 5.41) is 8.27. The molecule has 20 heavy (non-hydrogen) atoms. The zero-order valence-electron chi connectivity index (χ0n) is 11.8. The van der Waals surface area contributed by atoms with E-state index in [0.29, 0.717) is 0 Å². The van der Waals surface area contributed by atoms with Gasteiger partial charge in [0.05, 0.1) is 18.3 Å². The fourth-order valence-corrected chi connectivity index (χ4v) is 2.15. The Kier molecular flexibility index (Phi) is 5.70. The highest BCUT2D eigenvalue weighted by molar-refractivity contribution is 5.77. The zero-order valence-corrected chi connectivity index (χ0v) is 11.8. The molecule has 0 amide bonds. The third kappa shape index (κ3) is 3.88. The van der Waals surface area contributed by atoms with Crippen LogP contribution in [-0.2, 0) is 11.3 Å². The van der Waals surface area contributed by atoms with Crippen molar-refractivity contribution in [3.8, 4) is 0 Å². The fraction of sp³-hybridized carbons (Fsp3) is 0.467. The molecule has 108 valence electrons. The topological polar surface area (TPSA) is 56.1 Å². The van der Waals surface area contributed by atoms with E-state index in [1.165, 1.54) is 6.20 Å². The van der Waals surface area contributed by atoms with E-state index in [-0.39, 0.29) is 5.43 Å². The van der Waals surface area contributed by atoms with Crippen LogP contribution in [0.2, 0.25) is 0 Å². The van der Waals surface area contributed by atoms with Gasteiger partial charge in [-0.3, -0.25) is 9.48 Å². The van der Waals surface area contributed by atoms with Crippen molar-refractivity contribution in [2.75, 3.05) is 26.8 Å². The average Bonchev–Trinajstić information content (AvgIpc) is 2.49. The van der Waals surface area contributed by atoms with Crippen LogP contribution in [0.4, 0.5) is 0 Å². The molecule has 0 unspecified atom stereocenters. The van der Waals surface area contributed by atoms with Crippen molar-refractivity contribution >= 4 is 10.9 Å². The molecule has 5 heteroatoms. The molecule has 1 N–H and O–H groups in total. The number of unbranched alkanes of at least 4 members (excludes halogenated alkanes) is 1. The van der Waals surface area contributed by atoms with E-state index in [9.17, 15) is 4.79 Å². The number of hydrogen-bond donors (Lipinski definition) is 1. The number of rotatable bonds is 8. The molecular formula is C15H21N3O2. The van der Waals surface area contributed by atoms with Crippen LogP contribution < -0.4 is 10.7 Å². The van der Waals surface area contributed by atoms with Gasteiger partial charge >= 0.3 is 0 Å². The van der Waals surface area contributed by atoms with Gasteiger partial charge in [-0.1, -0.05) is 12.1 Å². The van der Waals surface area contributed by atoms with Crippen molar-refractivity contribution in [1.29, 1.82) is 0 Å². The summed E-state index contributed by atoms with van der Waals surface area (Å²) in [7, 11) is 1.70. The number of aryl methyl sites for hydroxylation is 1. The lowest BCUT2D eigenvalue weighted by atomic mass is 10.2. The summed E-state index contributed by atoms with van der Waals surface area (Å²) in [4.78, 5) is 11.7. The predicted molar refractivity (Wildman–Crippen MR) is 80.0 cm³/mol. The third-order valence-corrected chi connectivity index (χ3v) is 3.22. The monoisotopic (exact) mass is 275 g/mol. The van der Waals surface area contributed by atoms with Gasteiger partial charge in [0.15, 0.2) is 0 Å². The van der Waals surface area contributed by atoms with Crippen LogP contribution in [0.1, 0.15) is 12.8 Å². The van der Waals surface area contributed by atoms with Crippen molar-refractivity contribution < 1.29 is 4.74 Å². The van der Waals surface area contributed by atoms with E-state index in [0.717, 1.165) is 50.0 Å². The summed E-state index contributed by atoms with van der Waals surface area (Å²) in [6, 6.07) is 7.61. The van der Waals surface area contributed by atoms with Gasteiger partial charge in [-0.2, -0.15) is 5.10 Å². The molecule has 0 saturated carbocycles. The number of nitrogens with zero attached hydrogens (tertiary/aromatic N) is 2. The van der Waals surface area contributed by atoms with Crippen LogP contribution in [0.25, 0.3) is 10.9 Å². The second kappa shape index (κ2) is 7.77. The molecule has 0 atom stereocenters. The number of ether oxygens (including phenoxy) is 1. The Morgan fingerprint density at radius 2 is 2.10 bits per heavy atom. The lowest BCUT2D eigenvalue weighted by molar-refractivity contribution is 0.199. The Morgan fingerprint density at radius 3 is 2.95 bits per heavy atom. The highest BCUT2D eigenvalue weighted by atomic mass is 16.5. The molecule has 1 aromatic carbocycles. The largest absolute Gasteiger partial charge is 0.383 e. The molecule has 0 aliphatic heterocycles. The first-order chi connectivity index (χ1) is 9.83. The van der Waals surface area contributed by atoms with E-state index in [1.54, 1.807) is 7.11 Å². The smallest absolute Gasteiger partial charge is 0.207 e. The number of benzene rings is 1. The van der Waals surface area contributed by atoms with E-state index in [2.05, 4.69) is 10.4 Å². The Balaban J connectivity index is 1.88. The second-order valence-corrected chi connectivity index (χ2v) is 4.70. The summed E-state index contributed by atoms with van der Waals surface area (Å²) in [6.07, 6.45) is 3.50. The molecule has 0 fully saturated rings. The molecule has 2 aromatic rings. The number of methoxy groups -OCH3 is 1. The molecule has 0 radical (unpaired) electrons. The Hall–Kier alpha value is -1.72. The van der Waals surface area contributed by atoms with Crippen molar-refractivity contribution in [3.63, 3.8) is 0 Å². The number of para-hydroxylation sites is 1. The molecular weight excluding hydrogens is 254 g/mol. The quantitative estimate of drug-likeness (QED) is 0.740.